The number of alkyl halides is 2. The number of hydrogen-bond acceptors (Lipinski definition) is 6. The molecule has 0 bridgehead atoms. The molecule has 0 spiro atoms. The van der Waals surface area contributed by atoms with Crippen molar-refractivity contribution in [2.75, 3.05) is 11.1 Å². The van der Waals surface area contributed by atoms with Gasteiger partial charge in [-0.3, -0.25) is 4.57 Å². The van der Waals surface area contributed by atoms with E-state index in [2.05, 4.69) is 25.0 Å². The highest BCUT2D eigenvalue weighted by atomic mass is 19.3. The smallest absolute Gasteiger partial charge is 0.387 e. The molecule has 1 fully saturated rings. The highest BCUT2D eigenvalue weighted by Crippen LogP contribution is 2.41. The number of nitrogens with two attached hydrogens (primary N) is 1. The second-order valence-corrected chi connectivity index (χ2v) is 7.29. The van der Waals surface area contributed by atoms with Gasteiger partial charge in [-0.05, 0) is 37.1 Å². The van der Waals surface area contributed by atoms with Crippen molar-refractivity contribution in [2.45, 2.75) is 25.4 Å². The summed E-state index contributed by atoms with van der Waals surface area (Å²) in [5, 5.41) is 2.63. The maximum atomic E-state index is 14.7. The predicted molar refractivity (Wildman–Crippen MR) is 109 cm³/mol. The number of para-hydroxylation sites is 2. The van der Waals surface area contributed by atoms with Crippen molar-refractivity contribution < 1.29 is 22.3 Å². The first kappa shape index (κ1) is 20.0. The first-order chi connectivity index (χ1) is 15.4. The molecule has 1 saturated carbocycles. The molecule has 164 valence electrons. The van der Waals surface area contributed by atoms with E-state index in [1.54, 1.807) is 4.57 Å². The van der Waals surface area contributed by atoms with E-state index in [1.807, 2.05) is 24.3 Å². The summed E-state index contributed by atoms with van der Waals surface area (Å²) in [6, 6.07) is 10.5. The van der Waals surface area contributed by atoms with Crippen molar-refractivity contribution in [3.8, 4) is 11.7 Å². The van der Waals surface area contributed by atoms with Crippen molar-refractivity contribution in [2.24, 2.45) is 0 Å². The van der Waals surface area contributed by atoms with Crippen LogP contribution in [0.1, 0.15) is 24.6 Å². The Morgan fingerprint density at radius 2 is 1.84 bits per heavy atom. The minimum absolute atomic E-state index is 0.0602. The third-order valence-electron chi connectivity index (χ3n) is 5.00. The third-order valence-corrected chi connectivity index (χ3v) is 5.00. The number of aromatic nitrogens is 4. The molecule has 5 rings (SSSR count). The first-order valence-corrected chi connectivity index (χ1v) is 9.73. The Labute approximate surface area is 178 Å². The summed E-state index contributed by atoms with van der Waals surface area (Å²) >= 11 is 0. The molecule has 0 saturated heterocycles. The molecule has 7 nitrogen and oxygen atoms in total. The summed E-state index contributed by atoms with van der Waals surface area (Å²) in [6.07, 6.45) is 1.94. The lowest BCUT2D eigenvalue weighted by molar-refractivity contribution is -0.0521. The quantitative estimate of drug-likeness (QED) is 0.411. The van der Waals surface area contributed by atoms with Crippen LogP contribution < -0.4 is 15.8 Å². The van der Waals surface area contributed by atoms with E-state index in [-0.39, 0.29) is 23.4 Å². The fourth-order valence-corrected chi connectivity index (χ4v) is 3.41. The molecule has 11 heteroatoms. The Morgan fingerprint density at radius 3 is 2.56 bits per heavy atom. The lowest BCUT2D eigenvalue weighted by Crippen LogP contribution is -2.11. The highest BCUT2D eigenvalue weighted by molar-refractivity contribution is 5.78. The lowest BCUT2D eigenvalue weighted by Gasteiger charge is -2.13. The second kappa shape index (κ2) is 7.66. The summed E-state index contributed by atoms with van der Waals surface area (Å²) < 4.78 is 59.2. The molecule has 0 unspecified atom stereocenters. The van der Waals surface area contributed by atoms with E-state index < -0.39 is 29.8 Å². The number of nitrogens with zero attached hydrogens (tertiary/aromatic N) is 4. The summed E-state index contributed by atoms with van der Waals surface area (Å²) in [5.74, 6) is -2.21. The van der Waals surface area contributed by atoms with Crippen LogP contribution in [0.5, 0.6) is 5.75 Å². The first-order valence-electron chi connectivity index (χ1n) is 9.73. The Kier molecular flexibility index (Phi) is 4.80. The lowest BCUT2D eigenvalue weighted by atomic mass is 10.3. The zero-order chi connectivity index (χ0) is 22.4. The fraction of sp³-hybridized carbons (Fsp3) is 0.190. The van der Waals surface area contributed by atoms with E-state index in [0.717, 1.165) is 41.8 Å². The second-order valence-electron chi connectivity index (χ2n) is 7.29. The standard InChI is InChI=1S/C21H16F4N6O/c22-12-9-11(7-8-15(12)32-20(24)25)27-18-16(23)17(26)29-21(30-18)31-14-4-2-1-3-13(14)28-19(31)10-5-6-10/h1-4,7-10,20H,5-6H2,(H3,26,27,29,30). The van der Waals surface area contributed by atoms with Crippen LogP contribution in [0.15, 0.2) is 42.5 Å². The highest BCUT2D eigenvalue weighted by Gasteiger charge is 2.31. The van der Waals surface area contributed by atoms with Crippen LogP contribution in [0.3, 0.4) is 0 Å². The monoisotopic (exact) mass is 444 g/mol. The van der Waals surface area contributed by atoms with Crippen LogP contribution in [0, 0.1) is 11.6 Å². The van der Waals surface area contributed by atoms with Gasteiger partial charge < -0.3 is 15.8 Å². The van der Waals surface area contributed by atoms with Crippen molar-refractivity contribution in [1.82, 2.24) is 19.5 Å². The molecule has 0 aliphatic heterocycles. The minimum Gasteiger partial charge on any atom is -0.432 e. The number of benzene rings is 2. The van der Waals surface area contributed by atoms with Crippen molar-refractivity contribution in [1.29, 1.82) is 0 Å². The van der Waals surface area contributed by atoms with Gasteiger partial charge in [0, 0.05) is 17.7 Å². The largest absolute Gasteiger partial charge is 0.432 e. The molecule has 1 aliphatic rings. The van der Waals surface area contributed by atoms with Gasteiger partial charge in [-0.1, -0.05) is 12.1 Å². The van der Waals surface area contributed by atoms with Gasteiger partial charge in [-0.15, -0.1) is 0 Å². The zero-order valence-corrected chi connectivity index (χ0v) is 16.4. The number of imidazole rings is 1. The van der Waals surface area contributed by atoms with Gasteiger partial charge in [-0.25, -0.2) is 9.37 Å². The Bertz CT molecular complexity index is 1320. The van der Waals surface area contributed by atoms with Gasteiger partial charge >= 0.3 is 6.61 Å². The number of halogens is 4. The van der Waals surface area contributed by atoms with Crippen molar-refractivity contribution in [3.05, 3.63) is 59.9 Å². The van der Waals surface area contributed by atoms with E-state index in [0.29, 0.717) is 0 Å². The number of ether oxygens (including phenoxy) is 1. The number of anilines is 3. The fourth-order valence-electron chi connectivity index (χ4n) is 3.41. The molecule has 2 heterocycles. The Morgan fingerprint density at radius 1 is 1.06 bits per heavy atom. The van der Waals surface area contributed by atoms with Gasteiger partial charge in [0.15, 0.2) is 23.2 Å². The summed E-state index contributed by atoms with van der Waals surface area (Å²) in [7, 11) is 0. The number of nitrogen functional groups attached to an aromatic ring is 1. The van der Waals surface area contributed by atoms with E-state index in [9.17, 15) is 17.6 Å². The maximum absolute atomic E-state index is 14.7. The zero-order valence-electron chi connectivity index (χ0n) is 16.4. The molecular weight excluding hydrogens is 428 g/mol. The molecule has 3 N–H and O–H groups in total. The third kappa shape index (κ3) is 3.66. The molecule has 1 aliphatic carbocycles. The van der Waals surface area contributed by atoms with Crippen LogP contribution in [-0.2, 0) is 0 Å². The molecule has 4 aromatic rings. The molecule has 2 aromatic heterocycles. The van der Waals surface area contributed by atoms with Crippen molar-refractivity contribution >= 4 is 28.4 Å². The SMILES string of the molecule is Nc1nc(-n2c(C3CC3)nc3ccccc32)nc(Nc2ccc(OC(F)F)c(F)c2)c1F. The molecular formula is C21H16F4N6O. The van der Waals surface area contributed by atoms with Crippen LogP contribution >= 0.6 is 0 Å². The number of nitrogens with one attached hydrogen (secondary N) is 1. The number of fused-ring (bicyclic) bond motifs is 1. The predicted octanol–water partition coefficient (Wildman–Crippen LogP) is 4.90. The average Bonchev–Trinajstić information content (AvgIpc) is 3.53. The topological polar surface area (TPSA) is 90.9 Å². The van der Waals surface area contributed by atoms with Crippen LogP contribution in [0.4, 0.5) is 34.9 Å². The molecule has 0 atom stereocenters. The Hall–Kier alpha value is -3.89. The van der Waals surface area contributed by atoms with Gasteiger partial charge in [0.05, 0.1) is 11.0 Å². The molecule has 32 heavy (non-hydrogen) atoms. The van der Waals surface area contributed by atoms with Gasteiger partial charge in [-0.2, -0.15) is 23.1 Å². The van der Waals surface area contributed by atoms with E-state index in [4.69, 9.17) is 5.73 Å². The van der Waals surface area contributed by atoms with E-state index >= 15 is 0 Å². The van der Waals surface area contributed by atoms with Gasteiger partial charge in [0.25, 0.3) is 0 Å². The van der Waals surface area contributed by atoms with Crippen LogP contribution in [-0.4, -0.2) is 26.1 Å². The van der Waals surface area contributed by atoms with Crippen molar-refractivity contribution in [3.63, 3.8) is 0 Å². The van der Waals surface area contributed by atoms with Gasteiger partial charge in [0.2, 0.25) is 11.8 Å². The van der Waals surface area contributed by atoms with Crippen LogP contribution in [0.25, 0.3) is 17.0 Å². The normalized spacial score (nSPS) is 13.7. The molecule has 2 aromatic carbocycles. The summed E-state index contributed by atoms with van der Waals surface area (Å²) in [5.41, 5.74) is 7.34. The molecule has 0 amide bonds. The minimum atomic E-state index is -3.17. The average molecular weight is 444 g/mol. The molecule has 0 radical (unpaired) electrons. The number of rotatable bonds is 6. The Balaban J connectivity index is 1.56. The van der Waals surface area contributed by atoms with Gasteiger partial charge in [0.1, 0.15) is 5.82 Å². The summed E-state index contributed by atoms with van der Waals surface area (Å²) in [4.78, 5) is 13.0. The van der Waals surface area contributed by atoms with E-state index in [1.165, 1.54) is 6.07 Å². The summed E-state index contributed by atoms with van der Waals surface area (Å²) in [6.45, 7) is -3.17. The number of hydrogen-bond donors (Lipinski definition) is 2. The maximum Gasteiger partial charge on any atom is 0.387 e. The van der Waals surface area contributed by atoms with Crippen LogP contribution in [0.2, 0.25) is 0 Å².